The third-order valence-corrected chi connectivity index (χ3v) is 5.63. The second-order valence-corrected chi connectivity index (χ2v) is 7.98. The number of amides is 1. The van der Waals surface area contributed by atoms with Crippen molar-refractivity contribution in [3.63, 3.8) is 0 Å². The van der Waals surface area contributed by atoms with Crippen molar-refractivity contribution in [3.05, 3.63) is 64.9 Å². The molecule has 1 unspecified atom stereocenters. The summed E-state index contributed by atoms with van der Waals surface area (Å²) in [5, 5.41) is 0.639. The summed E-state index contributed by atoms with van der Waals surface area (Å²) < 4.78 is 5.42. The molecule has 1 atom stereocenters. The highest BCUT2D eigenvalue weighted by Crippen LogP contribution is 2.36. The van der Waals surface area contributed by atoms with Gasteiger partial charge in [-0.2, -0.15) is 0 Å². The first-order chi connectivity index (χ1) is 14.0. The minimum Gasteiger partial charge on any atom is -0.466 e. The number of nitrogens with zero attached hydrogens (tertiary/aromatic N) is 2. The number of piperidine rings is 1. The van der Waals surface area contributed by atoms with Crippen LogP contribution in [0.15, 0.2) is 48.7 Å². The molecule has 1 aromatic heterocycles. The van der Waals surface area contributed by atoms with Gasteiger partial charge < -0.3 is 9.64 Å². The molecule has 2 heterocycles. The predicted molar refractivity (Wildman–Crippen MR) is 113 cm³/mol. The minimum atomic E-state index is -0.737. The van der Waals surface area contributed by atoms with E-state index in [1.807, 2.05) is 54.3 Å². The number of hydrogen-bond donors (Lipinski definition) is 0. The third-order valence-electron chi connectivity index (χ3n) is 5.39. The van der Waals surface area contributed by atoms with Crippen LogP contribution in [0.1, 0.15) is 37.4 Å². The van der Waals surface area contributed by atoms with Crippen LogP contribution in [0.5, 0.6) is 0 Å². The lowest BCUT2D eigenvalue weighted by atomic mass is 9.75. The zero-order chi connectivity index (χ0) is 20.7. The van der Waals surface area contributed by atoms with Gasteiger partial charge in [-0.25, -0.2) is 0 Å². The van der Waals surface area contributed by atoms with Crippen LogP contribution in [0, 0.1) is 5.41 Å². The van der Waals surface area contributed by atoms with Crippen LogP contribution >= 0.6 is 11.6 Å². The predicted octanol–water partition coefficient (Wildman–Crippen LogP) is 4.08. The van der Waals surface area contributed by atoms with E-state index < -0.39 is 5.41 Å². The molecule has 0 saturated carbocycles. The van der Waals surface area contributed by atoms with Crippen molar-refractivity contribution in [3.8, 4) is 0 Å². The number of carbonyl (C=O) groups is 2. The van der Waals surface area contributed by atoms with Gasteiger partial charge in [-0.05, 0) is 62.4 Å². The molecule has 0 bridgehead atoms. The standard InChI is InChI=1S/C23H27ClN2O3/c1-2-29-22(28)23(16-18-7-5-8-19(24)15-18)12-6-14-26(17-23)21(27)11-10-20-9-3-4-13-25-20/h3-5,7-9,13,15H,2,6,10-12,14,16-17H2,1H3. The molecule has 2 aromatic rings. The van der Waals surface area contributed by atoms with Gasteiger partial charge in [-0.3, -0.25) is 14.6 Å². The number of aryl methyl sites for hydroxylation is 1. The van der Waals surface area contributed by atoms with Crippen molar-refractivity contribution in [2.75, 3.05) is 19.7 Å². The van der Waals surface area contributed by atoms with Gasteiger partial charge >= 0.3 is 5.97 Å². The minimum absolute atomic E-state index is 0.0510. The summed E-state index contributed by atoms with van der Waals surface area (Å²) in [7, 11) is 0. The number of aromatic nitrogens is 1. The first kappa shape index (κ1) is 21.3. The van der Waals surface area contributed by atoms with Crippen LogP contribution in [0.3, 0.4) is 0 Å². The van der Waals surface area contributed by atoms with Gasteiger partial charge in [0.2, 0.25) is 5.91 Å². The molecule has 1 saturated heterocycles. The Hall–Kier alpha value is -2.40. The summed E-state index contributed by atoms with van der Waals surface area (Å²) >= 11 is 6.14. The first-order valence-electron chi connectivity index (χ1n) is 10.1. The zero-order valence-electron chi connectivity index (χ0n) is 16.8. The summed E-state index contributed by atoms with van der Waals surface area (Å²) in [5.41, 5.74) is 1.14. The van der Waals surface area contributed by atoms with Crippen LogP contribution in [0.2, 0.25) is 5.02 Å². The Morgan fingerprint density at radius 1 is 1.24 bits per heavy atom. The van der Waals surface area contributed by atoms with E-state index in [-0.39, 0.29) is 11.9 Å². The smallest absolute Gasteiger partial charge is 0.314 e. The number of benzene rings is 1. The van der Waals surface area contributed by atoms with Gasteiger partial charge in [-0.1, -0.05) is 29.8 Å². The summed E-state index contributed by atoms with van der Waals surface area (Å²) in [6.07, 6.45) is 4.69. The van der Waals surface area contributed by atoms with Gasteiger partial charge in [0.25, 0.3) is 0 Å². The quantitative estimate of drug-likeness (QED) is 0.640. The molecule has 5 nitrogen and oxygen atoms in total. The molecule has 154 valence electrons. The number of rotatable bonds is 7. The summed E-state index contributed by atoms with van der Waals surface area (Å²) in [6, 6.07) is 13.3. The average molecular weight is 415 g/mol. The van der Waals surface area contributed by atoms with Crippen molar-refractivity contribution in [1.29, 1.82) is 0 Å². The number of halogens is 1. The van der Waals surface area contributed by atoms with Crippen LogP contribution in [0.4, 0.5) is 0 Å². The summed E-state index contributed by atoms with van der Waals surface area (Å²) in [5.74, 6) is -0.183. The molecule has 0 N–H and O–H groups in total. The van der Waals surface area contributed by atoms with E-state index in [2.05, 4.69) is 4.98 Å². The molecule has 0 aliphatic carbocycles. The molecule has 3 rings (SSSR count). The Balaban J connectivity index is 1.74. The molecule has 1 aliphatic heterocycles. The van der Waals surface area contributed by atoms with E-state index in [1.165, 1.54) is 0 Å². The maximum atomic E-state index is 13.0. The Labute approximate surface area is 177 Å². The molecule has 0 radical (unpaired) electrons. The normalized spacial score (nSPS) is 19.0. The van der Waals surface area contributed by atoms with Crippen molar-refractivity contribution in [2.45, 2.75) is 39.0 Å². The summed E-state index contributed by atoms with van der Waals surface area (Å²) in [4.78, 5) is 31.9. The highest BCUT2D eigenvalue weighted by Gasteiger charge is 2.44. The fraction of sp³-hybridized carbons (Fsp3) is 0.435. The topological polar surface area (TPSA) is 59.5 Å². The van der Waals surface area contributed by atoms with Crippen LogP contribution in [-0.4, -0.2) is 41.5 Å². The molecule has 1 aliphatic rings. The van der Waals surface area contributed by atoms with Gasteiger partial charge in [0.1, 0.15) is 0 Å². The maximum absolute atomic E-state index is 13.0. The lowest BCUT2D eigenvalue weighted by Crippen LogP contribution is -2.51. The lowest BCUT2D eigenvalue weighted by molar-refractivity contribution is -0.160. The highest BCUT2D eigenvalue weighted by atomic mass is 35.5. The Kier molecular flexibility index (Phi) is 7.26. The monoisotopic (exact) mass is 414 g/mol. The van der Waals surface area contributed by atoms with E-state index in [1.54, 1.807) is 6.20 Å². The number of likely N-dealkylation sites (tertiary alicyclic amines) is 1. The number of esters is 1. The van der Waals surface area contributed by atoms with E-state index in [9.17, 15) is 9.59 Å². The van der Waals surface area contributed by atoms with E-state index in [0.29, 0.717) is 50.4 Å². The molecule has 1 aromatic carbocycles. The molecule has 1 fully saturated rings. The van der Waals surface area contributed by atoms with E-state index in [4.69, 9.17) is 16.3 Å². The van der Waals surface area contributed by atoms with Crippen LogP contribution in [-0.2, 0) is 27.2 Å². The van der Waals surface area contributed by atoms with Crippen molar-refractivity contribution in [2.24, 2.45) is 5.41 Å². The van der Waals surface area contributed by atoms with Gasteiger partial charge in [0.15, 0.2) is 0 Å². The summed E-state index contributed by atoms with van der Waals surface area (Å²) in [6.45, 7) is 3.17. The number of carbonyl (C=O) groups excluding carboxylic acids is 2. The third kappa shape index (κ3) is 5.57. The maximum Gasteiger partial charge on any atom is 0.314 e. The average Bonchev–Trinajstić information content (AvgIpc) is 2.73. The van der Waals surface area contributed by atoms with E-state index >= 15 is 0 Å². The molecule has 6 heteroatoms. The van der Waals surface area contributed by atoms with Gasteiger partial charge in [0, 0.05) is 36.4 Å². The second kappa shape index (κ2) is 9.88. The van der Waals surface area contributed by atoms with Gasteiger partial charge in [-0.15, -0.1) is 0 Å². The van der Waals surface area contributed by atoms with Crippen molar-refractivity contribution >= 4 is 23.5 Å². The number of hydrogen-bond acceptors (Lipinski definition) is 4. The molecule has 1 amide bonds. The molecular weight excluding hydrogens is 388 g/mol. The SMILES string of the molecule is CCOC(=O)C1(Cc2cccc(Cl)c2)CCCN(C(=O)CCc2ccccn2)C1. The Morgan fingerprint density at radius 3 is 2.83 bits per heavy atom. The van der Waals surface area contributed by atoms with Crippen molar-refractivity contribution < 1.29 is 14.3 Å². The van der Waals surface area contributed by atoms with Crippen molar-refractivity contribution in [1.82, 2.24) is 9.88 Å². The largest absolute Gasteiger partial charge is 0.466 e. The zero-order valence-corrected chi connectivity index (χ0v) is 17.5. The molecule has 0 spiro atoms. The molecular formula is C23H27ClN2O3. The lowest BCUT2D eigenvalue weighted by Gasteiger charge is -2.41. The molecule has 29 heavy (non-hydrogen) atoms. The number of ether oxygens (including phenoxy) is 1. The van der Waals surface area contributed by atoms with Crippen LogP contribution < -0.4 is 0 Å². The number of pyridine rings is 1. The fourth-order valence-electron chi connectivity index (χ4n) is 3.99. The Morgan fingerprint density at radius 2 is 2.10 bits per heavy atom. The first-order valence-corrected chi connectivity index (χ1v) is 10.5. The highest BCUT2D eigenvalue weighted by molar-refractivity contribution is 6.30. The van der Waals surface area contributed by atoms with Crippen LogP contribution in [0.25, 0.3) is 0 Å². The fourth-order valence-corrected chi connectivity index (χ4v) is 4.20. The Bertz CT molecular complexity index is 843. The second-order valence-electron chi connectivity index (χ2n) is 7.55. The van der Waals surface area contributed by atoms with Gasteiger partial charge in [0.05, 0.1) is 12.0 Å². The van der Waals surface area contributed by atoms with E-state index in [0.717, 1.165) is 17.7 Å².